The number of likely N-dealkylation sites (N-methyl/N-ethyl adjacent to an activating group) is 1. The Balaban J connectivity index is 1.90. The Labute approximate surface area is 97.3 Å². The van der Waals surface area contributed by atoms with Gasteiger partial charge in [0.1, 0.15) is 0 Å². The Morgan fingerprint density at radius 1 is 1.38 bits per heavy atom. The SMILES string of the molecule is CCN1CC(NC2CC2)CC(C(=O)OC)C1. The number of hydrogen-bond donors (Lipinski definition) is 1. The summed E-state index contributed by atoms with van der Waals surface area (Å²) in [6, 6.07) is 1.17. The summed E-state index contributed by atoms with van der Waals surface area (Å²) in [5.41, 5.74) is 0. The van der Waals surface area contributed by atoms with Crippen LogP contribution in [0.3, 0.4) is 0 Å². The van der Waals surface area contributed by atoms with Crippen molar-refractivity contribution in [2.45, 2.75) is 38.3 Å². The standard InChI is InChI=1S/C12H22N2O2/c1-3-14-7-9(12(15)16-2)6-11(8-14)13-10-4-5-10/h9-11,13H,3-8H2,1-2H3. The molecular weight excluding hydrogens is 204 g/mol. The molecule has 4 nitrogen and oxygen atoms in total. The van der Waals surface area contributed by atoms with E-state index in [2.05, 4.69) is 17.1 Å². The molecule has 1 N–H and O–H groups in total. The zero-order chi connectivity index (χ0) is 11.5. The number of carbonyl (C=O) groups is 1. The van der Waals surface area contributed by atoms with Crippen LogP contribution in [0.4, 0.5) is 0 Å². The maximum absolute atomic E-state index is 11.6. The van der Waals surface area contributed by atoms with Crippen LogP contribution >= 0.6 is 0 Å². The van der Waals surface area contributed by atoms with Gasteiger partial charge in [-0.1, -0.05) is 6.92 Å². The van der Waals surface area contributed by atoms with E-state index in [9.17, 15) is 4.79 Å². The molecule has 1 saturated heterocycles. The van der Waals surface area contributed by atoms with E-state index < -0.39 is 0 Å². The summed E-state index contributed by atoms with van der Waals surface area (Å²) in [7, 11) is 1.48. The Kier molecular flexibility index (Phi) is 3.82. The van der Waals surface area contributed by atoms with E-state index in [4.69, 9.17) is 4.74 Å². The molecule has 4 heteroatoms. The second kappa shape index (κ2) is 5.15. The van der Waals surface area contributed by atoms with Gasteiger partial charge in [0, 0.05) is 25.2 Å². The van der Waals surface area contributed by atoms with E-state index in [-0.39, 0.29) is 11.9 Å². The van der Waals surface area contributed by atoms with Crippen LogP contribution in [0.1, 0.15) is 26.2 Å². The second-order valence-corrected chi connectivity index (χ2v) is 4.95. The summed E-state index contributed by atoms with van der Waals surface area (Å²) < 4.78 is 4.86. The first-order valence-electron chi connectivity index (χ1n) is 6.29. The lowest BCUT2D eigenvalue weighted by molar-refractivity contribution is -0.147. The highest BCUT2D eigenvalue weighted by molar-refractivity contribution is 5.72. The van der Waals surface area contributed by atoms with Crippen LogP contribution < -0.4 is 5.32 Å². The molecule has 0 radical (unpaired) electrons. The predicted molar refractivity (Wildman–Crippen MR) is 62.2 cm³/mol. The number of esters is 1. The molecule has 0 aromatic carbocycles. The fourth-order valence-electron chi connectivity index (χ4n) is 2.49. The summed E-state index contributed by atoms with van der Waals surface area (Å²) in [4.78, 5) is 13.9. The number of rotatable bonds is 4. The molecule has 0 spiro atoms. The van der Waals surface area contributed by atoms with Gasteiger partial charge in [-0.15, -0.1) is 0 Å². The van der Waals surface area contributed by atoms with Crippen LogP contribution in [0.2, 0.25) is 0 Å². The molecule has 1 heterocycles. The summed E-state index contributed by atoms with van der Waals surface area (Å²) in [5.74, 6) is -0.00398. The number of piperidine rings is 1. The molecule has 2 rings (SSSR count). The van der Waals surface area contributed by atoms with E-state index >= 15 is 0 Å². The van der Waals surface area contributed by atoms with E-state index in [1.54, 1.807) is 0 Å². The smallest absolute Gasteiger partial charge is 0.310 e. The molecule has 2 aliphatic rings. The first kappa shape index (κ1) is 11.9. The normalized spacial score (nSPS) is 31.4. The molecule has 0 aromatic rings. The van der Waals surface area contributed by atoms with Crippen molar-refractivity contribution in [1.29, 1.82) is 0 Å². The second-order valence-electron chi connectivity index (χ2n) is 4.95. The predicted octanol–water partition coefficient (Wildman–Crippen LogP) is 0.622. The quantitative estimate of drug-likeness (QED) is 0.714. The van der Waals surface area contributed by atoms with Crippen LogP contribution in [0.15, 0.2) is 0 Å². The van der Waals surface area contributed by atoms with Crippen LogP contribution in [0, 0.1) is 5.92 Å². The van der Waals surface area contributed by atoms with Crippen molar-refractivity contribution in [3.8, 4) is 0 Å². The van der Waals surface area contributed by atoms with Crippen LogP contribution in [0.25, 0.3) is 0 Å². The third-order valence-corrected chi connectivity index (χ3v) is 3.56. The molecule has 0 bridgehead atoms. The van der Waals surface area contributed by atoms with Crippen molar-refractivity contribution in [2.24, 2.45) is 5.92 Å². The molecule has 16 heavy (non-hydrogen) atoms. The zero-order valence-corrected chi connectivity index (χ0v) is 10.2. The Morgan fingerprint density at radius 3 is 2.69 bits per heavy atom. The summed E-state index contributed by atoms with van der Waals surface area (Å²) in [6.07, 6.45) is 3.52. The highest BCUT2D eigenvalue weighted by atomic mass is 16.5. The fraction of sp³-hybridized carbons (Fsp3) is 0.917. The van der Waals surface area contributed by atoms with Crippen LogP contribution in [0.5, 0.6) is 0 Å². The number of ether oxygens (including phenoxy) is 1. The lowest BCUT2D eigenvalue weighted by atomic mass is 9.94. The number of hydrogen-bond acceptors (Lipinski definition) is 4. The molecular formula is C12H22N2O2. The molecule has 1 aliphatic heterocycles. The third-order valence-electron chi connectivity index (χ3n) is 3.56. The summed E-state index contributed by atoms with van der Waals surface area (Å²) in [5, 5.41) is 3.62. The minimum atomic E-state index is -0.0549. The van der Waals surface area contributed by atoms with E-state index in [0.717, 1.165) is 26.1 Å². The van der Waals surface area contributed by atoms with Crippen molar-refractivity contribution >= 4 is 5.97 Å². The molecule has 0 aromatic heterocycles. The lowest BCUT2D eigenvalue weighted by Gasteiger charge is -2.36. The average Bonchev–Trinajstić information content (AvgIpc) is 3.11. The van der Waals surface area contributed by atoms with Crippen molar-refractivity contribution < 1.29 is 9.53 Å². The maximum Gasteiger partial charge on any atom is 0.310 e. The lowest BCUT2D eigenvalue weighted by Crippen LogP contribution is -2.51. The molecule has 2 atom stereocenters. The molecule has 1 saturated carbocycles. The summed E-state index contributed by atoms with van der Waals surface area (Å²) >= 11 is 0. The minimum Gasteiger partial charge on any atom is -0.469 e. The van der Waals surface area contributed by atoms with E-state index in [0.29, 0.717) is 12.1 Å². The van der Waals surface area contributed by atoms with Gasteiger partial charge < -0.3 is 15.0 Å². The Hall–Kier alpha value is -0.610. The monoisotopic (exact) mass is 226 g/mol. The largest absolute Gasteiger partial charge is 0.469 e. The number of methoxy groups -OCH3 is 1. The number of carbonyl (C=O) groups excluding carboxylic acids is 1. The Morgan fingerprint density at radius 2 is 2.12 bits per heavy atom. The van der Waals surface area contributed by atoms with Gasteiger partial charge in [-0.25, -0.2) is 0 Å². The van der Waals surface area contributed by atoms with Gasteiger partial charge in [0.25, 0.3) is 0 Å². The van der Waals surface area contributed by atoms with Crippen molar-refractivity contribution in [2.75, 3.05) is 26.7 Å². The van der Waals surface area contributed by atoms with E-state index in [1.165, 1.54) is 20.0 Å². The number of likely N-dealkylation sites (tertiary alicyclic amines) is 1. The molecule has 2 fully saturated rings. The molecule has 2 unspecified atom stereocenters. The van der Waals surface area contributed by atoms with Gasteiger partial charge in [-0.3, -0.25) is 4.79 Å². The zero-order valence-electron chi connectivity index (χ0n) is 10.2. The number of nitrogens with one attached hydrogen (secondary N) is 1. The summed E-state index contributed by atoms with van der Waals surface area (Å²) in [6.45, 7) is 5.08. The van der Waals surface area contributed by atoms with Crippen molar-refractivity contribution in [1.82, 2.24) is 10.2 Å². The van der Waals surface area contributed by atoms with Gasteiger partial charge in [0.2, 0.25) is 0 Å². The van der Waals surface area contributed by atoms with Crippen molar-refractivity contribution in [3.63, 3.8) is 0 Å². The minimum absolute atomic E-state index is 0.0509. The first-order chi connectivity index (χ1) is 7.72. The van der Waals surface area contributed by atoms with Gasteiger partial charge in [-0.05, 0) is 25.8 Å². The topological polar surface area (TPSA) is 41.6 Å². The highest BCUT2D eigenvalue weighted by Crippen LogP contribution is 2.24. The molecule has 92 valence electrons. The molecule has 0 amide bonds. The van der Waals surface area contributed by atoms with Crippen LogP contribution in [-0.2, 0) is 9.53 Å². The molecule has 1 aliphatic carbocycles. The van der Waals surface area contributed by atoms with Crippen LogP contribution in [-0.4, -0.2) is 49.7 Å². The average molecular weight is 226 g/mol. The third kappa shape index (κ3) is 2.95. The number of nitrogens with zero attached hydrogens (tertiary/aromatic N) is 1. The van der Waals surface area contributed by atoms with Crippen molar-refractivity contribution in [3.05, 3.63) is 0 Å². The van der Waals surface area contributed by atoms with Gasteiger partial charge in [0.05, 0.1) is 13.0 Å². The van der Waals surface area contributed by atoms with Gasteiger partial charge in [-0.2, -0.15) is 0 Å². The Bertz CT molecular complexity index is 253. The van der Waals surface area contributed by atoms with E-state index in [1.807, 2.05) is 0 Å². The van der Waals surface area contributed by atoms with Gasteiger partial charge in [0.15, 0.2) is 0 Å². The first-order valence-corrected chi connectivity index (χ1v) is 6.29. The van der Waals surface area contributed by atoms with Gasteiger partial charge >= 0.3 is 5.97 Å². The maximum atomic E-state index is 11.6. The fourth-order valence-corrected chi connectivity index (χ4v) is 2.49. The highest BCUT2D eigenvalue weighted by Gasteiger charge is 2.34.